The van der Waals surface area contributed by atoms with E-state index in [1.807, 2.05) is 30.3 Å². The molecule has 2 aromatic carbocycles. The van der Waals surface area contributed by atoms with Crippen LogP contribution in [0, 0.1) is 5.82 Å². The molecule has 0 aliphatic carbocycles. The quantitative estimate of drug-likeness (QED) is 0.693. The van der Waals surface area contributed by atoms with Crippen LogP contribution < -0.4 is 0 Å². The highest BCUT2D eigenvalue weighted by molar-refractivity contribution is 6.35. The number of piperidine rings is 1. The number of hydrogen-bond acceptors (Lipinski definition) is 3. The van der Waals surface area contributed by atoms with E-state index >= 15 is 0 Å². The molecule has 7 heteroatoms. The summed E-state index contributed by atoms with van der Waals surface area (Å²) in [6, 6.07) is 15.6. The van der Waals surface area contributed by atoms with Crippen LogP contribution in [-0.2, 0) is 27.3 Å². The third-order valence-corrected chi connectivity index (χ3v) is 6.08. The Hall–Kier alpha value is -3.22. The van der Waals surface area contributed by atoms with E-state index in [4.69, 9.17) is 0 Å². The van der Waals surface area contributed by atoms with E-state index in [-0.39, 0.29) is 24.2 Å². The molecule has 0 unspecified atom stereocenters. The van der Waals surface area contributed by atoms with Crippen molar-refractivity contribution < 1.29 is 18.8 Å². The summed E-state index contributed by atoms with van der Waals surface area (Å²) < 4.78 is 13.0. The van der Waals surface area contributed by atoms with Crippen molar-refractivity contribution >= 4 is 17.7 Å². The van der Waals surface area contributed by atoms with Crippen LogP contribution in [0.5, 0.6) is 0 Å². The molecule has 162 valence electrons. The second-order valence-corrected chi connectivity index (χ2v) is 8.13. The second kappa shape index (κ2) is 9.29. The number of rotatable bonds is 5. The highest BCUT2D eigenvalue weighted by Gasteiger charge is 2.37. The lowest BCUT2D eigenvalue weighted by molar-refractivity contribution is -0.159. The van der Waals surface area contributed by atoms with Gasteiger partial charge in [0.1, 0.15) is 5.82 Å². The van der Waals surface area contributed by atoms with Crippen LogP contribution in [0.2, 0.25) is 0 Å². The minimum Gasteiger partial charge on any atom is -0.342 e. The number of benzene rings is 2. The molecule has 0 atom stereocenters. The molecule has 3 amide bonds. The molecule has 0 radical (unpaired) electrons. The normalized spacial score (nSPS) is 17.9. The highest BCUT2D eigenvalue weighted by atomic mass is 19.1. The number of halogens is 1. The van der Waals surface area contributed by atoms with E-state index in [1.165, 1.54) is 12.1 Å². The molecule has 0 aromatic heterocycles. The number of carbonyl (C=O) groups excluding carboxylic acids is 3. The molecular formula is C24H26FN3O3. The molecule has 0 N–H and O–H groups in total. The Morgan fingerprint density at radius 2 is 1.52 bits per heavy atom. The highest BCUT2D eigenvalue weighted by Crippen LogP contribution is 2.21. The predicted molar refractivity (Wildman–Crippen MR) is 113 cm³/mol. The second-order valence-electron chi connectivity index (χ2n) is 8.13. The average Bonchev–Trinajstić information content (AvgIpc) is 2.79. The van der Waals surface area contributed by atoms with E-state index in [0.717, 1.165) is 11.1 Å². The van der Waals surface area contributed by atoms with Crippen molar-refractivity contribution in [3.63, 3.8) is 0 Å². The third kappa shape index (κ3) is 4.93. The van der Waals surface area contributed by atoms with Crippen LogP contribution in [0.4, 0.5) is 4.39 Å². The molecule has 2 fully saturated rings. The summed E-state index contributed by atoms with van der Waals surface area (Å²) in [7, 11) is 0. The first-order valence-electron chi connectivity index (χ1n) is 10.7. The smallest absolute Gasteiger partial charge is 0.312 e. The first-order valence-corrected chi connectivity index (χ1v) is 10.7. The summed E-state index contributed by atoms with van der Waals surface area (Å²) in [6.45, 7) is 2.58. The molecule has 4 rings (SSSR count). The van der Waals surface area contributed by atoms with Gasteiger partial charge < -0.3 is 14.7 Å². The predicted octanol–water partition coefficient (Wildman–Crippen LogP) is 2.23. The topological polar surface area (TPSA) is 60.9 Å². The van der Waals surface area contributed by atoms with Crippen molar-refractivity contribution in [1.29, 1.82) is 0 Å². The third-order valence-electron chi connectivity index (χ3n) is 6.08. The van der Waals surface area contributed by atoms with Crippen LogP contribution in [0.1, 0.15) is 24.0 Å². The molecule has 2 aliphatic rings. The lowest BCUT2D eigenvalue weighted by Crippen LogP contribution is -2.59. The maximum Gasteiger partial charge on any atom is 0.312 e. The van der Waals surface area contributed by atoms with E-state index < -0.39 is 11.8 Å². The zero-order chi connectivity index (χ0) is 21.8. The molecule has 2 heterocycles. The summed E-state index contributed by atoms with van der Waals surface area (Å²) in [5.41, 5.74) is 1.79. The summed E-state index contributed by atoms with van der Waals surface area (Å²) in [5, 5.41) is 0. The molecule has 2 aromatic rings. The van der Waals surface area contributed by atoms with Gasteiger partial charge in [0.2, 0.25) is 5.91 Å². The van der Waals surface area contributed by atoms with E-state index in [0.29, 0.717) is 45.6 Å². The number of likely N-dealkylation sites (tertiary alicyclic amines) is 1. The van der Waals surface area contributed by atoms with Gasteiger partial charge in [-0.05, 0) is 36.1 Å². The van der Waals surface area contributed by atoms with Crippen LogP contribution >= 0.6 is 0 Å². The fourth-order valence-corrected chi connectivity index (χ4v) is 4.31. The van der Waals surface area contributed by atoms with Crippen LogP contribution in [0.3, 0.4) is 0 Å². The van der Waals surface area contributed by atoms with Crippen LogP contribution in [-0.4, -0.2) is 64.6 Å². The van der Waals surface area contributed by atoms with Gasteiger partial charge in [0.25, 0.3) is 0 Å². The van der Waals surface area contributed by atoms with Gasteiger partial charge in [-0.15, -0.1) is 0 Å². The van der Waals surface area contributed by atoms with Crippen molar-refractivity contribution in [3.05, 3.63) is 71.5 Å². The van der Waals surface area contributed by atoms with Gasteiger partial charge in [-0.2, -0.15) is 0 Å². The Kier molecular flexibility index (Phi) is 6.30. The van der Waals surface area contributed by atoms with Crippen molar-refractivity contribution in [1.82, 2.24) is 14.7 Å². The van der Waals surface area contributed by atoms with E-state index in [1.54, 1.807) is 26.8 Å². The molecule has 0 saturated carbocycles. The molecule has 0 spiro atoms. The average molecular weight is 423 g/mol. The number of hydrogen-bond donors (Lipinski definition) is 0. The maximum atomic E-state index is 13.0. The van der Waals surface area contributed by atoms with Crippen molar-refractivity contribution in [2.45, 2.75) is 31.8 Å². The summed E-state index contributed by atoms with van der Waals surface area (Å²) in [4.78, 5) is 43.0. The molecular weight excluding hydrogens is 397 g/mol. The summed E-state index contributed by atoms with van der Waals surface area (Å²) >= 11 is 0. The van der Waals surface area contributed by atoms with Gasteiger partial charge in [0.05, 0.1) is 6.42 Å². The van der Waals surface area contributed by atoms with Gasteiger partial charge in [0.15, 0.2) is 0 Å². The van der Waals surface area contributed by atoms with Crippen LogP contribution in [0.15, 0.2) is 54.6 Å². The minimum absolute atomic E-state index is 0.000131. The van der Waals surface area contributed by atoms with Crippen molar-refractivity contribution in [3.8, 4) is 0 Å². The van der Waals surface area contributed by atoms with Gasteiger partial charge in [-0.1, -0.05) is 42.5 Å². The Morgan fingerprint density at radius 3 is 2.19 bits per heavy atom. The standard InChI is InChI=1S/C24H26FN3O3/c25-20-8-6-18(7-9-20)16-22(29)26-12-10-21(11-13-26)28-15-14-27(23(30)24(28)31)17-19-4-2-1-3-5-19/h1-9,21H,10-17H2. The lowest BCUT2D eigenvalue weighted by atomic mass is 10.0. The monoisotopic (exact) mass is 423 g/mol. The minimum atomic E-state index is -0.454. The van der Waals surface area contributed by atoms with E-state index in [9.17, 15) is 18.8 Å². The number of nitrogens with zero attached hydrogens (tertiary/aromatic N) is 3. The molecule has 0 bridgehead atoms. The van der Waals surface area contributed by atoms with Gasteiger partial charge in [-0.25, -0.2) is 4.39 Å². The molecule has 31 heavy (non-hydrogen) atoms. The Morgan fingerprint density at radius 1 is 0.839 bits per heavy atom. The van der Waals surface area contributed by atoms with Gasteiger partial charge in [0, 0.05) is 38.8 Å². The molecule has 6 nitrogen and oxygen atoms in total. The van der Waals surface area contributed by atoms with Crippen molar-refractivity contribution in [2.75, 3.05) is 26.2 Å². The fraction of sp³-hybridized carbons (Fsp3) is 0.375. The van der Waals surface area contributed by atoms with Gasteiger partial charge in [-0.3, -0.25) is 14.4 Å². The zero-order valence-electron chi connectivity index (χ0n) is 17.4. The van der Waals surface area contributed by atoms with Crippen LogP contribution in [0.25, 0.3) is 0 Å². The number of amides is 3. The summed E-state index contributed by atoms with van der Waals surface area (Å²) in [5.74, 6) is -1.22. The maximum absolute atomic E-state index is 13.0. The number of carbonyl (C=O) groups is 3. The molecule has 2 saturated heterocycles. The Labute approximate surface area is 181 Å². The van der Waals surface area contributed by atoms with Gasteiger partial charge >= 0.3 is 11.8 Å². The Balaban J connectivity index is 1.29. The zero-order valence-corrected chi connectivity index (χ0v) is 17.4. The SMILES string of the molecule is O=C(Cc1ccc(F)cc1)N1CCC(N2CCN(Cc3ccccc3)C(=O)C2=O)CC1. The Bertz CT molecular complexity index is 940. The van der Waals surface area contributed by atoms with E-state index in [2.05, 4.69) is 0 Å². The fourth-order valence-electron chi connectivity index (χ4n) is 4.31. The first kappa shape index (κ1) is 21.0. The lowest BCUT2D eigenvalue weighted by Gasteiger charge is -2.42. The summed E-state index contributed by atoms with van der Waals surface area (Å²) in [6.07, 6.45) is 1.56. The van der Waals surface area contributed by atoms with Crippen molar-refractivity contribution in [2.24, 2.45) is 0 Å². The number of piperazine rings is 1. The molecule has 2 aliphatic heterocycles. The largest absolute Gasteiger partial charge is 0.342 e. The first-order chi connectivity index (χ1) is 15.0.